The first kappa shape index (κ1) is 17.5. The van der Waals surface area contributed by atoms with E-state index in [1.54, 1.807) is 0 Å². The van der Waals surface area contributed by atoms with Crippen LogP contribution in [0.25, 0.3) is 0 Å². The van der Waals surface area contributed by atoms with Crippen LogP contribution in [0.2, 0.25) is 0 Å². The summed E-state index contributed by atoms with van der Waals surface area (Å²) in [7, 11) is 0. The molecule has 1 heterocycles. The van der Waals surface area contributed by atoms with E-state index >= 15 is 0 Å². The van der Waals surface area contributed by atoms with Crippen LogP contribution in [-0.4, -0.2) is 0 Å². The van der Waals surface area contributed by atoms with Gasteiger partial charge in [0, 0.05) is 12.4 Å². The van der Waals surface area contributed by atoms with Gasteiger partial charge in [-0.1, -0.05) is 98.1 Å². The van der Waals surface area contributed by atoms with Gasteiger partial charge in [0.15, 0.2) is 0 Å². The minimum Gasteiger partial charge on any atom is -0.368 e. The zero-order valence-electron chi connectivity index (χ0n) is 14.8. The van der Waals surface area contributed by atoms with Crippen LogP contribution in [0.5, 0.6) is 0 Å². The summed E-state index contributed by atoms with van der Waals surface area (Å²) in [4.78, 5) is 0. The van der Waals surface area contributed by atoms with Gasteiger partial charge in [-0.15, -0.1) is 0 Å². The third kappa shape index (κ3) is 3.38. The summed E-state index contributed by atoms with van der Waals surface area (Å²) in [5.74, 6) is 0. The highest BCUT2D eigenvalue weighted by Gasteiger charge is 2.37. The fourth-order valence-electron chi connectivity index (χ4n) is 3.36. The van der Waals surface area contributed by atoms with E-state index in [1.807, 2.05) is 48.8 Å². The predicted octanol–water partition coefficient (Wildman–Crippen LogP) is 5.83. The maximum atomic E-state index is 4.45. The fourth-order valence-corrected chi connectivity index (χ4v) is 3.36. The second kappa shape index (κ2) is 8.17. The van der Waals surface area contributed by atoms with Gasteiger partial charge in [0.2, 0.25) is 0 Å². The van der Waals surface area contributed by atoms with Gasteiger partial charge in [0.1, 0.15) is 0 Å². The van der Waals surface area contributed by atoms with E-state index in [2.05, 4.69) is 79.2 Å². The summed E-state index contributed by atoms with van der Waals surface area (Å²) in [6.07, 6.45) is 15.8. The minimum atomic E-state index is -0.524. The van der Waals surface area contributed by atoms with Crippen LogP contribution in [0.4, 0.5) is 0 Å². The molecule has 2 aromatic rings. The zero-order chi connectivity index (χ0) is 18.2. The molecule has 1 aliphatic rings. The maximum Gasteiger partial charge on any atom is 0.0690 e. The number of benzene rings is 2. The Bertz CT molecular complexity index is 805. The van der Waals surface area contributed by atoms with Crippen molar-refractivity contribution in [2.75, 3.05) is 0 Å². The topological polar surface area (TPSA) is 12.0 Å². The molecule has 1 heteroatoms. The molecule has 0 aromatic heterocycles. The molecule has 1 nitrogen and oxygen atoms in total. The van der Waals surface area contributed by atoms with Crippen molar-refractivity contribution >= 4 is 0 Å². The first-order chi connectivity index (χ1) is 12.8. The molecule has 0 saturated carbocycles. The van der Waals surface area contributed by atoms with Crippen LogP contribution in [0, 0.1) is 0 Å². The highest BCUT2D eigenvalue weighted by Crippen LogP contribution is 2.45. The molecule has 0 bridgehead atoms. The molecule has 0 unspecified atom stereocenters. The quantitative estimate of drug-likeness (QED) is 0.727. The number of nitrogens with one attached hydrogen (secondary N) is 1. The molecular formula is C25H23N. The fraction of sp³-hybridized carbons (Fsp3) is 0.0400. The molecule has 2 aromatic carbocycles. The Labute approximate surface area is 156 Å². The Morgan fingerprint density at radius 2 is 1.00 bits per heavy atom. The molecule has 0 aliphatic carbocycles. The third-order valence-corrected chi connectivity index (χ3v) is 4.58. The van der Waals surface area contributed by atoms with Crippen molar-refractivity contribution in [3.63, 3.8) is 0 Å². The standard InChI is InChI=1S/C25H23N/c1-21-13-9-11-19-26-20-12-10-14-22(2)25(21,23-15-5-3-6-16-23)24-17-7-4-8-18-24/h3-20,26H,1-2H2/b13-9-,14-10-,19-11-,20-12-. The average Bonchev–Trinajstić information content (AvgIpc) is 2.68. The molecule has 0 radical (unpaired) electrons. The van der Waals surface area contributed by atoms with Gasteiger partial charge in [0.25, 0.3) is 0 Å². The highest BCUT2D eigenvalue weighted by atomic mass is 14.8. The van der Waals surface area contributed by atoms with Crippen molar-refractivity contribution in [2.45, 2.75) is 5.41 Å². The number of allylic oxidation sites excluding steroid dienone is 8. The monoisotopic (exact) mass is 337 g/mol. The van der Waals surface area contributed by atoms with Crippen molar-refractivity contribution in [1.82, 2.24) is 5.32 Å². The van der Waals surface area contributed by atoms with Gasteiger partial charge in [0.05, 0.1) is 5.41 Å². The molecule has 0 fully saturated rings. The van der Waals surface area contributed by atoms with E-state index in [1.165, 1.54) is 0 Å². The molecule has 0 amide bonds. The minimum absolute atomic E-state index is 0.524. The summed E-state index contributed by atoms with van der Waals surface area (Å²) in [6, 6.07) is 20.9. The van der Waals surface area contributed by atoms with Crippen molar-refractivity contribution in [3.05, 3.63) is 145 Å². The van der Waals surface area contributed by atoms with Crippen LogP contribution in [0.15, 0.2) is 134 Å². The molecule has 0 atom stereocenters. The molecule has 128 valence electrons. The first-order valence-corrected chi connectivity index (χ1v) is 8.68. The maximum absolute atomic E-state index is 4.45. The molecule has 0 saturated heterocycles. The Balaban J connectivity index is 2.29. The van der Waals surface area contributed by atoms with Gasteiger partial charge in [-0.25, -0.2) is 0 Å². The van der Waals surface area contributed by atoms with Crippen LogP contribution in [0.1, 0.15) is 11.1 Å². The molecule has 1 N–H and O–H groups in total. The summed E-state index contributed by atoms with van der Waals surface area (Å²) in [5, 5.41) is 3.09. The number of hydrogen-bond donors (Lipinski definition) is 1. The second-order valence-electron chi connectivity index (χ2n) is 6.14. The van der Waals surface area contributed by atoms with Gasteiger partial charge < -0.3 is 5.32 Å². The van der Waals surface area contributed by atoms with Gasteiger partial charge in [-0.3, -0.25) is 0 Å². The van der Waals surface area contributed by atoms with Crippen molar-refractivity contribution in [3.8, 4) is 0 Å². The lowest BCUT2D eigenvalue weighted by atomic mass is 9.65. The molecule has 1 aliphatic heterocycles. The highest BCUT2D eigenvalue weighted by molar-refractivity contribution is 5.61. The van der Waals surface area contributed by atoms with Crippen LogP contribution in [0.3, 0.4) is 0 Å². The van der Waals surface area contributed by atoms with E-state index in [4.69, 9.17) is 0 Å². The van der Waals surface area contributed by atoms with Crippen molar-refractivity contribution in [2.24, 2.45) is 0 Å². The van der Waals surface area contributed by atoms with Gasteiger partial charge >= 0.3 is 0 Å². The first-order valence-electron chi connectivity index (χ1n) is 8.68. The average molecular weight is 337 g/mol. The summed E-state index contributed by atoms with van der Waals surface area (Å²) < 4.78 is 0. The third-order valence-electron chi connectivity index (χ3n) is 4.58. The lowest BCUT2D eigenvalue weighted by molar-refractivity contribution is 0.748. The Morgan fingerprint density at radius 1 is 0.577 bits per heavy atom. The predicted molar refractivity (Wildman–Crippen MR) is 112 cm³/mol. The second-order valence-corrected chi connectivity index (χ2v) is 6.14. The van der Waals surface area contributed by atoms with Crippen molar-refractivity contribution < 1.29 is 0 Å². The van der Waals surface area contributed by atoms with E-state index in [0.717, 1.165) is 22.3 Å². The summed E-state index contributed by atoms with van der Waals surface area (Å²) in [6.45, 7) is 8.89. The van der Waals surface area contributed by atoms with Crippen LogP contribution >= 0.6 is 0 Å². The normalized spacial score (nSPS) is 21.5. The number of hydrogen-bond acceptors (Lipinski definition) is 1. The summed E-state index contributed by atoms with van der Waals surface area (Å²) in [5.41, 5.74) is 3.72. The lowest BCUT2D eigenvalue weighted by Crippen LogP contribution is -2.31. The zero-order valence-corrected chi connectivity index (χ0v) is 14.8. The van der Waals surface area contributed by atoms with Crippen molar-refractivity contribution in [1.29, 1.82) is 0 Å². The lowest BCUT2D eigenvalue weighted by Gasteiger charge is -2.37. The molecule has 3 rings (SSSR count). The van der Waals surface area contributed by atoms with E-state index in [-0.39, 0.29) is 0 Å². The summed E-state index contributed by atoms with van der Waals surface area (Å²) >= 11 is 0. The van der Waals surface area contributed by atoms with Gasteiger partial charge in [-0.05, 0) is 34.4 Å². The van der Waals surface area contributed by atoms with Crippen LogP contribution in [-0.2, 0) is 5.41 Å². The smallest absolute Gasteiger partial charge is 0.0690 e. The van der Waals surface area contributed by atoms with E-state index < -0.39 is 5.41 Å². The Hall–Kier alpha value is -3.32. The van der Waals surface area contributed by atoms with E-state index in [9.17, 15) is 0 Å². The molecule has 0 spiro atoms. The number of rotatable bonds is 2. The van der Waals surface area contributed by atoms with Gasteiger partial charge in [-0.2, -0.15) is 0 Å². The van der Waals surface area contributed by atoms with E-state index in [0.29, 0.717) is 0 Å². The Morgan fingerprint density at radius 3 is 1.42 bits per heavy atom. The molecule has 26 heavy (non-hydrogen) atoms. The van der Waals surface area contributed by atoms with Crippen LogP contribution < -0.4 is 5.32 Å². The largest absolute Gasteiger partial charge is 0.368 e. The SMILES string of the molecule is C=C1/C=C\C=C/N/C=C\C=C/C(=C)C1(c1ccccc1)c1ccccc1. The molecular weight excluding hydrogens is 314 g/mol. The Kier molecular flexibility index (Phi) is 5.50.